The predicted molar refractivity (Wildman–Crippen MR) is 83.5 cm³/mol. The Hall–Kier alpha value is -0.0200. The highest BCUT2D eigenvalue weighted by Crippen LogP contribution is 2.30. The molecule has 0 spiro atoms. The molecule has 0 aliphatic heterocycles. The molecule has 0 bridgehead atoms. The van der Waals surface area contributed by atoms with Gasteiger partial charge in [-0.05, 0) is 6.42 Å². The second-order valence-electron chi connectivity index (χ2n) is 5.66. The van der Waals surface area contributed by atoms with Gasteiger partial charge in [-0.3, -0.25) is 0 Å². The van der Waals surface area contributed by atoms with E-state index in [0.717, 1.165) is 19.3 Å². The Labute approximate surface area is 124 Å². The predicted octanol–water partition coefficient (Wildman–Crippen LogP) is 3.36. The van der Waals surface area contributed by atoms with Crippen molar-refractivity contribution in [2.75, 3.05) is 6.61 Å². The molecule has 3 unspecified atom stereocenters. The Morgan fingerprint density at radius 1 is 0.950 bits per heavy atom. The van der Waals surface area contributed by atoms with Crippen LogP contribution in [0.15, 0.2) is 0 Å². The minimum atomic E-state index is -1.63. The largest absolute Gasteiger partial charge is 0.393 e. The van der Waals surface area contributed by atoms with Crippen LogP contribution >= 0.6 is 8.46 Å². The van der Waals surface area contributed by atoms with Crippen molar-refractivity contribution < 1.29 is 19.9 Å². The molecule has 0 aromatic carbocycles. The molecule has 0 aromatic heterocycles. The lowest BCUT2D eigenvalue weighted by molar-refractivity contribution is -0.0444. The van der Waals surface area contributed by atoms with Crippen LogP contribution in [0.5, 0.6) is 0 Å². The van der Waals surface area contributed by atoms with Gasteiger partial charge in [0, 0.05) is 6.42 Å². The van der Waals surface area contributed by atoms with Gasteiger partial charge in [0.25, 0.3) is 5.34 Å². The second-order valence-corrected chi connectivity index (χ2v) is 6.73. The van der Waals surface area contributed by atoms with Gasteiger partial charge in [-0.25, -0.2) is 0 Å². The molecule has 0 rings (SSSR count). The summed E-state index contributed by atoms with van der Waals surface area (Å²) in [5.41, 5.74) is 0. The normalized spacial score (nSPS) is 16.2. The Balaban J connectivity index is 3.49. The van der Waals surface area contributed by atoms with Gasteiger partial charge >= 0.3 is 8.46 Å². The van der Waals surface area contributed by atoms with E-state index >= 15 is 0 Å². The minimum Gasteiger partial charge on any atom is -0.393 e. The third kappa shape index (κ3) is 9.02. The van der Waals surface area contributed by atoms with Gasteiger partial charge in [-0.1, -0.05) is 69.3 Å². The molecule has 3 atom stereocenters. The Morgan fingerprint density at radius 2 is 1.40 bits per heavy atom. The van der Waals surface area contributed by atoms with E-state index in [-0.39, 0.29) is 6.42 Å². The van der Waals surface area contributed by atoms with Gasteiger partial charge in [0.1, 0.15) is 0 Å². The van der Waals surface area contributed by atoms with E-state index in [1.54, 1.807) is 0 Å². The van der Waals surface area contributed by atoms with Crippen LogP contribution in [0.2, 0.25) is 0 Å². The highest BCUT2D eigenvalue weighted by Gasteiger charge is 2.43. The summed E-state index contributed by atoms with van der Waals surface area (Å²) in [6.45, 7) is 1.67. The zero-order valence-electron chi connectivity index (χ0n) is 12.8. The number of hydrogen-bond acceptors (Lipinski definition) is 4. The van der Waals surface area contributed by atoms with Gasteiger partial charge in [-0.2, -0.15) is 0 Å². The van der Waals surface area contributed by atoms with Crippen LogP contribution in [0.1, 0.15) is 77.6 Å². The maximum absolute atomic E-state index is 11.0. The van der Waals surface area contributed by atoms with Crippen molar-refractivity contribution in [1.82, 2.24) is 0 Å². The second kappa shape index (κ2) is 12.7. The first-order valence-corrected chi connectivity index (χ1v) is 8.92. The molecule has 4 nitrogen and oxygen atoms in total. The molecular weight excluding hydrogens is 275 g/mol. The topological polar surface area (TPSA) is 77.8 Å². The number of hydrogen-bond donors (Lipinski definition) is 3. The monoisotopic (exact) mass is 307 g/mol. The highest BCUT2D eigenvalue weighted by atomic mass is 31.1. The van der Waals surface area contributed by atoms with E-state index in [1.165, 1.54) is 44.9 Å². The average molecular weight is 307 g/mol. The fraction of sp³-hybridized carbons (Fsp3) is 1.00. The van der Waals surface area contributed by atoms with E-state index in [9.17, 15) is 14.8 Å². The van der Waals surface area contributed by atoms with Crippen LogP contribution in [0.3, 0.4) is 0 Å². The standard InChI is InChI=1S/C15H31O4P/c1-2-3-4-5-6-7-8-9-10-11-12-15(18,20-19)14(17)13-16/h14,16-18H,2-13H2,1H3/p+1. The summed E-state index contributed by atoms with van der Waals surface area (Å²) in [5.74, 6) is 0. The van der Waals surface area contributed by atoms with E-state index < -0.39 is 26.5 Å². The van der Waals surface area contributed by atoms with Crippen LogP contribution in [0.4, 0.5) is 0 Å². The fourth-order valence-electron chi connectivity index (χ4n) is 2.32. The molecule has 0 amide bonds. The van der Waals surface area contributed by atoms with Crippen LogP contribution in [-0.2, 0) is 4.57 Å². The van der Waals surface area contributed by atoms with Crippen molar-refractivity contribution in [2.45, 2.75) is 89.0 Å². The molecule has 0 radical (unpaired) electrons. The lowest BCUT2D eigenvalue weighted by Crippen LogP contribution is -2.39. The summed E-state index contributed by atoms with van der Waals surface area (Å²) < 4.78 is 11.0. The first-order chi connectivity index (χ1) is 9.60. The molecule has 0 aliphatic rings. The Bertz CT molecular complexity index is 238. The maximum Gasteiger partial charge on any atom is 0.362 e. The third-order valence-electron chi connectivity index (χ3n) is 3.81. The van der Waals surface area contributed by atoms with E-state index in [0.29, 0.717) is 0 Å². The highest BCUT2D eigenvalue weighted by molar-refractivity contribution is 7.25. The van der Waals surface area contributed by atoms with Gasteiger partial charge < -0.3 is 15.3 Å². The third-order valence-corrected chi connectivity index (χ3v) is 4.75. The molecule has 0 saturated carbocycles. The quantitative estimate of drug-likeness (QED) is 0.340. The van der Waals surface area contributed by atoms with Crippen molar-refractivity contribution in [3.8, 4) is 0 Å². The molecule has 3 N–H and O–H groups in total. The molecule has 0 saturated heterocycles. The fourth-order valence-corrected chi connectivity index (χ4v) is 2.82. The zero-order valence-corrected chi connectivity index (χ0v) is 13.8. The first kappa shape index (κ1) is 20.0. The van der Waals surface area contributed by atoms with Crippen LogP contribution in [0, 0.1) is 0 Å². The van der Waals surface area contributed by atoms with Crippen LogP contribution in [0.25, 0.3) is 0 Å². The summed E-state index contributed by atoms with van der Waals surface area (Å²) in [6.07, 6.45) is 10.8. The molecule has 5 heteroatoms. The number of rotatable bonds is 14. The lowest BCUT2D eigenvalue weighted by atomic mass is 10.0. The zero-order chi connectivity index (χ0) is 15.3. The van der Waals surface area contributed by atoms with Crippen LogP contribution in [-0.4, -0.2) is 33.4 Å². The van der Waals surface area contributed by atoms with Crippen molar-refractivity contribution >= 4 is 8.46 Å². The Morgan fingerprint density at radius 3 is 1.80 bits per heavy atom. The molecule has 0 fully saturated rings. The smallest absolute Gasteiger partial charge is 0.362 e. The van der Waals surface area contributed by atoms with Crippen molar-refractivity contribution in [1.29, 1.82) is 0 Å². The summed E-state index contributed by atoms with van der Waals surface area (Å²) in [5, 5.41) is 26.5. The van der Waals surface area contributed by atoms with Crippen molar-refractivity contribution in [3.63, 3.8) is 0 Å². The molecular formula is C15H32O4P+. The van der Waals surface area contributed by atoms with Gasteiger partial charge in [0.2, 0.25) is 0 Å². The van der Waals surface area contributed by atoms with Gasteiger partial charge in [0.15, 0.2) is 6.10 Å². The van der Waals surface area contributed by atoms with Crippen molar-refractivity contribution in [3.05, 3.63) is 0 Å². The number of aliphatic hydroxyl groups is 3. The first-order valence-electron chi connectivity index (χ1n) is 8.01. The average Bonchev–Trinajstić information content (AvgIpc) is 2.48. The van der Waals surface area contributed by atoms with E-state index in [4.69, 9.17) is 5.11 Å². The Kier molecular flexibility index (Phi) is 12.7. The number of unbranched alkanes of at least 4 members (excludes halogenated alkanes) is 9. The van der Waals surface area contributed by atoms with E-state index in [2.05, 4.69) is 6.92 Å². The SMILES string of the molecule is CCCCCCCCCCCCC(O)([PH+]=O)C(O)CO. The minimum absolute atomic E-state index is 0.285. The number of aliphatic hydroxyl groups excluding tert-OH is 2. The van der Waals surface area contributed by atoms with Crippen molar-refractivity contribution in [2.24, 2.45) is 0 Å². The van der Waals surface area contributed by atoms with Gasteiger partial charge in [0.05, 0.1) is 6.61 Å². The summed E-state index contributed by atoms with van der Waals surface area (Å²) in [6, 6.07) is 0. The summed E-state index contributed by atoms with van der Waals surface area (Å²) in [7, 11) is -1.00. The lowest BCUT2D eigenvalue weighted by Gasteiger charge is -2.18. The van der Waals surface area contributed by atoms with E-state index in [1.807, 2.05) is 0 Å². The van der Waals surface area contributed by atoms with Gasteiger partial charge in [-0.15, -0.1) is 0 Å². The molecule has 0 aromatic rings. The summed E-state index contributed by atoms with van der Waals surface area (Å²) >= 11 is 0. The van der Waals surface area contributed by atoms with Crippen LogP contribution < -0.4 is 0 Å². The summed E-state index contributed by atoms with van der Waals surface area (Å²) in [4.78, 5) is 0. The molecule has 20 heavy (non-hydrogen) atoms. The molecule has 120 valence electrons. The maximum atomic E-state index is 11.0. The molecule has 0 heterocycles. The molecule has 0 aliphatic carbocycles.